The highest BCUT2D eigenvalue weighted by Crippen LogP contribution is 2.24. The van der Waals surface area contributed by atoms with Crippen LogP contribution in [0.4, 0.5) is 0 Å². The van der Waals surface area contributed by atoms with Crippen LogP contribution in [0.2, 0.25) is 0 Å². The highest BCUT2D eigenvalue weighted by atomic mass is 16.5. The second-order valence-corrected chi connectivity index (χ2v) is 5.11. The third kappa shape index (κ3) is 3.20. The molecule has 0 saturated carbocycles. The van der Waals surface area contributed by atoms with E-state index in [0.717, 1.165) is 0 Å². The molecule has 0 aliphatic carbocycles. The monoisotopic (exact) mass is 229 g/mol. The van der Waals surface area contributed by atoms with Crippen molar-refractivity contribution in [3.05, 3.63) is 0 Å². The normalized spacial score (nSPS) is 25.9. The molecule has 0 aromatic rings. The largest absolute Gasteiger partial charge is 0.480 e. The lowest BCUT2D eigenvalue weighted by atomic mass is 10.1. The Bertz CT molecular complexity index is 273. The number of ether oxygens (including phenoxy) is 1. The van der Waals surface area contributed by atoms with Gasteiger partial charge in [-0.05, 0) is 20.8 Å². The quantitative estimate of drug-likeness (QED) is 0.763. The van der Waals surface area contributed by atoms with Gasteiger partial charge in [0.15, 0.2) is 0 Å². The van der Waals surface area contributed by atoms with Crippen LogP contribution >= 0.6 is 0 Å². The molecule has 1 fully saturated rings. The van der Waals surface area contributed by atoms with Crippen molar-refractivity contribution in [3.63, 3.8) is 0 Å². The Hall–Kier alpha value is -1.10. The Morgan fingerprint density at radius 3 is 2.25 bits per heavy atom. The van der Waals surface area contributed by atoms with E-state index in [-0.39, 0.29) is 17.6 Å². The van der Waals surface area contributed by atoms with Crippen LogP contribution in [0.25, 0.3) is 0 Å². The van der Waals surface area contributed by atoms with Crippen LogP contribution in [0.15, 0.2) is 0 Å². The van der Waals surface area contributed by atoms with Gasteiger partial charge < -0.3 is 14.7 Å². The number of carboxylic acid groups (broad SMARTS) is 1. The molecule has 5 heteroatoms. The third-order valence-corrected chi connectivity index (χ3v) is 2.47. The Balaban J connectivity index is 2.69. The summed E-state index contributed by atoms with van der Waals surface area (Å²) < 4.78 is 5.70. The van der Waals surface area contributed by atoms with Crippen LogP contribution in [0.3, 0.4) is 0 Å². The molecule has 5 nitrogen and oxygen atoms in total. The second-order valence-electron chi connectivity index (χ2n) is 5.11. The number of carbonyl (C=O) groups excluding carboxylic acids is 1. The van der Waals surface area contributed by atoms with Gasteiger partial charge in [0.2, 0.25) is 5.91 Å². The summed E-state index contributed by atoms with van der Waals surface area (Å²) in [6.07, 6.45) is 0.177. The molecule has 16 heavy (non-hydrogen) atoms. The first-order chi connectivity index (χ1) is 7.20. The number of hydrogen-bond acceptors (Lipinski definition) is 3. The molecule has 1 heterocycles. The van der Waals surface area contributed by atoms with Gasteiger partial charge in [-0.25, -0.2) is 4.79 Å². The van der Waals surface area contributed by atoms with Gasteiger partial charge >= 0.3 is 5.97 Å². The van der Waals surface area contributed by atoms with Crippen molar-refractivity contribution in [2.24, 2.45) is 0 Å². The van der Waals surface area contributed by atoms with Crippen LogP contribution in [0.5, 0.6) is 0 Å². The molecule has 0 unspecified atom stereocenters. The fourth-order valence-electron chi connectivity index (χ4n) is 1.96. The third-order valence-electron chi connectivity index (χ3n) is 2.47. The van der Waals surface area contributed by atoms with E-state index in [4.69, 9.17) is 9.84 Å². The van der Waals surface area contributed by atoms with Gasteiger partial charge in [0, 0.05) is 19.9 Å². The lowest BCUT2D eigenvalue weighted by Gasteiger charge is -2.24. The fraction of sp³-hybridized carbons (Fsp3) is 0.818. The van der Waals surface area contributed by atoms with Gasteiger partial charge in [-0.1, -0.05) is 0 Å². The highest BCUT2D eigenvalue weighted by molar-refractivity contribution is 5.83. The molecule has 0 spiro atoms. The van der Waals surface area contributed by atoms with Crippen molar-refractivity contribution in [1.82, 2.24) is 4.90 Å². The smallest absolute Gasteiger partial charge is 0.326 e. The Morgan fingerprint density at radius 2 is 1.94 bits per heavy atom. The summed E-state index contributed by atoms with van der Waals surface area (Å²) in [5.41, 5.74) is -0.319. The Labute approximate surface area is 95.4 Å². The number of nitrogens with zero attached hydrogens (tertiary/aromatic N) is 1. The zero-order valence-electron chi connectivity index (χ0n) is 10.2. The van der Waals surface area contributed by atoms with Crippen molar-refractivity contribution in [3.8, 4) is 0 Å². The molecule has 1 amide bonds. The van der Waals surface area contributed by atoms with Crippen molar-refractivity contribution in [2.45, 2.75) is 51.9 Å². The molecule has 1 rings (SSSR count). The average Bonchev–Trinajstić information content (AvgIpc) is 2.44. The lowest BCUT2D eigenvalue weighted by molar-refractivity contribution is -0.147. The first-order valence-corrected chi connectivity index (χ1v) is 5.38. The molecule has 1 saturated heterocycles. The first-order valence-electron chi connectivity index (χ1n) is 5.38. The number of carboxylic acids is 1. The minimum absolute atomic E-state index is 0.190. The minimum atomic E-state index is -0.963. The van der Waals surface area contributed by atoms with E-state index in [1.807, 2.05) is 20.8 Å². The van der Waals surface area contributed by atoms with E-state index in [0.29, 0.717) is 13.0 Å². The second kappa shape index (κ2) is 4.41. The molecule has 2 atom stereocenters. The van der Waals surface area contributed by atoms with Crippen LogP contribution in [-0.4, -0.2) is 46.2 Å². The van der Waals surface area contributed by atoms with Gasteiger partial charge in [0.05, 0.1) is 11.7 Å². The van der Waals surface area contributed by atoms with Crippen LogP contribution < -0.4 is 0 Å². The average molecular weight is 229 g/mol. The predicted octanol–water partition coefficient (Wildman–Crippen LogP) is 0.876. The SMILES string of the molecule is CC(=O)N1C[C@H](OC(C)(C)C)C[C@H]1C(=O)O. The van der Waals surface area contributed by atoms with Gasteiger partial charge in [0.1, 0.15) is 6.04 Å². The Kier molecular flexibility index (Phi) is 3.57. The van der Waals surface area contributed by atoms with Crippen molar-refractivity contribution in [2.75, 3.05) is 6.54 Å². The maximum atomic E-state index is 11.3. The Morgan fingerprint density at radius 1 is 1.38 bits per heavy atom. The molecule has 1 aliphatic heterocycles. The van der Waals surface area contributed by atoms with E-state index >= 15 is 0 Å². The zero-order chi connectivity index (χ0) is 12.5. The highest BCUT2D eigenvalue weighted by Gasteiger charge is 2.40. The number of hydrogen-bond donors (Lipinski definition) is 1. The zero-order valence-corrected chi connectivity index (χ0v) is 10.2. The molecular weight excluding hydrogens is 210 g/mol. The van der Waals surface area contributed by atoms with Crippen molar-refractivity contribution < 1.29 is 19.4 Å². The fourth-order valence-corrected chi connectivity index (χ4v) is 1.96. The number of aliphatic carboxylic acids is 1. The van der Waals surface area contributed by atoms with Crippen molar-refractivity contribution in [1.29, 1.82) is 0 Å². The molecule has 1 N–H and O–H groups in total. The number of likely N-dealkylation sites (tertiary alicyclic amines) is 1. The van der Waals surface area contributed by atoms with Crippen LogP contribution in [0.1, 0.15) is 34.1 Å². The van der Waals surface area contributed by atoms with Gasteiger partial charge in [0.25, 0.3) is 0 Å². The summed E-state index contributed by atoms with van der Waals surface area (Å²) in [5.74, 6) is -1.18. The van der Waals surface area contributed by atoms with Crippen molar-refractivity contribution >= 4 is 11.9 Å². The molecule has 0 radical (unpaired) electrons. The van der Waals surface area contributed by atoms with E-state index in [2.05, 4.69) is 0 Å². The molecule has 1 aliphatic rings. The summed E-state index contributed by atoms with van der Waals surface area (Å²) >= 11 is 0. The first kappa shape index (κ1) is 13.0. The van der Waals surface area contributed by atoms with Crippen LogP contribution in [0, 0.1) is 0 Å². The molecular formula is C11H19NO4. The lowest BCUT2D eigenvalue weighted by Crippen LogP contribution is -2.39. The maximum absolute atomic E-state index is 11.3. The number of carbonyl (C=O) groups is 2. The minimum Gasteiger partial charge on any atom is -0.480 e. The van der Waals surface area contributed by atoms with Gasteiger partial charge in [-0.15, -0.1) is 0 Å². The van der Waals surface area contributed by atoms with E-state index in [9.17, 15) is 9.59 Å². The number of amides is 1. The number of rotatable bonds is 2. The summed E-state index contributed by atoms with van der Waals surface area (Å²) in [6, 6.07) is -0.746. The standard InChI is InChI=1S/C11H19NO4/c1-7(13)12-6-8(16-11(2,3)4)5-9(12)10(14)15/h8-9H,5-6H2,1-4H3,(H,14,15)/t8-,9+/m1/s1. The van der Waals surface area contributed by atoms with Gasteiger partial charge in [-0.3, -0.25) is 4.79 Å². The topological polar surface area (TPSA) is 66.8 Å². The van der Waals surface area contributed by atoms with Gasteiger partial charge in [-0.2, -0.15) is 0 Å². The summed E-state index contributed by atoms with van der Waals surface area (Å²) in [7, 11) is 0. The molecule has 0 bridgehead atoms. The summed E-state index contributed by atoms with van der Waals surface area (Å²) in [6.45, 7) is 7.50. The van der Waals surface area contributed by atoms with E-state index in [1.165, 1.54) is 11.8 Å². The van der Waals surface area contributed by atoms with E-state index < -0.39 is 12.0 Å². The predicted molar refractivity (Wildman–Crippen MR) is 58.1 cm³/mol. The molecule has 0 aromatic heterocycles. The molecule has 92 valence electrons. The summed E-state index contributed by atoms with van der Waals surface area (Å²) in [5, 5.41) is 9.00. The summed E-state index contributed by atoms with van der Waals surface area (Å²) in [4.78, 5) is 23.6. The molecule has 0 aromatic carbocycles. The van der Waals surface area contributed by atoms with E-state index in [1.54, 1.807) is 0 Å². The van der Waals surface area contributed by atoms with Crippen LogP contribution in [-0.2, 0) is 14.3 Å². The maximum Gasteiger partial charge on any atom is 0.326 e.